The highest BCUT2D eigenvalue weighted by molar-refractivity contribution is 5.82. The van der Waals surface area contributed by atoms with Gasteiger partial charge in [0.1, 0.15) is 12.2 Å². The van der Waals surface area contributed by atoms with Crippen molar-refractivity contribution in [1.82, 2.24) is 0 Å². The second-order valence-corrected chi connectivity index (χ2v) is 15.6. The predicted octanol–water partition coefficient (Wildman–Crippen LogP) is 7.54. The van der Waals surface area contributed by atoms with Crippen LogP contribution >= 0.6 is 0 Å². The fourth-order valence-corrected chi connectivity index (χ4v) is 6.52. The van der Waals surface area contributed by atoms with Crippen molar-refractivity contribution >= 4 is 11.9 Å². The Morgan fingerprint density at radius 1 is 0.906 bits per heavy atom. The van der Waals surface area contributed by atoms with E-state index in [1.807, 2.05) is 65.0 Å². The van der Waals surface area contributed by atoms with Crippen LogP contribution in [0.25, 0.3) is 0 Å². The first-order chi connectivity index (χ1) is 24.8. The van der Waals surface area contributed by atoms with Crippen LogP contribution in [0, 0.1) is 17.8 Å². The van der Waals surface area contributed by atoms with Crippen LogP contribution in [-0.4, -0.2) is 80.2 Å². The summed E-state index contributed by atoms with van der Waals surface area (Å²) in [6.45, 7) is 19.1. The SMILES string of the molecule is CC(=C\C=C\C(C)=C\[C@H](O)[C@@H](O)C[C@H](C)O)/C=C(C)/C=C/C(=O)O[C@H]1CCCC(=O)O[C@@H]([C@@H](C)C/C(C)=C/[C@@H](C)[C@H](O)C[C@@H](C)O)C/C=C(\C)C[C@H]1C. The minimum absolute atomic E-state index is 0.0587. The van der Waals surface area contributed by atoms with Crippen LogP contribution in [0.4, 0.5) is 0 Å². The highest BCUT2D eigenvalue weighted by Crippen LogP contribution is 2.27. The number of rotatable bonds is 17. The number of allylic oxidation sites excluding steroid dienone is 10. The van der Waals surface area contributed by atoms with Crippen molar-refractivity contribution in [1.29, 1.82) is 0 Å². The third kappa shape index (κ3) is 21.4. The first-order valence-corrected chi connectivity index (χ1v) is 19.3. The van der Waals surface area contributed by atoms with Crippen molar-refractivity contribution < 1.29 is 44.6 Å². The van der Waals surface area contributed by atoms with Crippen LogP contribution in [0.3, 0.4) is 0 Å². The van der Waals surface area contributed by atoms with Gasteiger partial charge >= 0.3 is 11.9 Å². The fourth-order valence-electron chi connectivity index (χ4n) is 6.52. The predicted molar refractivity (Wildman–Crippen MR) is 213 cm³/mol. The molecule has 1 rings (SSSR count). The molecule has 0 spiro atoms. The normalized spacial score (nSPS) is 25.7. The van der Waals surface area contributed by atoms with Crippen molar-refractivity contribution in [2.45, 2.75) is 163 Å². The number of aliphatic hydroxyl groups excluding tert-OH is 5. The fraction of sp³-hybridized carbons (Fsp3) is 0.636. The maximum Gasteiger partial charge on any atom is 0.331 e. The largest absolute Gasteiger partial charge is 0.462 e. The van der Waals surface area contributed by atoms with Crippen LogP contribution in [0.1, 0.15) is 121 Å². The summed E-state index contributed by atoms with van der Waals surface area (Å²) in [5.41, 5.74) is 4.84. The summed E-state index contributed by atoms with van der Waals surface area (Å²) >= 11 is 0. The monoisotopic (exact) mass is 743 g/mol. The molecule has 1 heterocycles. The Labute approximate surface area is 319 Å². The van der Waals surface area contributed by atoms with E-state index in [0.717, 1.165) is 40.7 Å². The highest BCUT2D eigenvalue weighted by Gasteiger charge is 2.26. The molecule has 0 aromatic heterocycles. The van der Waals surface area contributed by atoms with Gasteiger partial charge in [-0.05, 0) is 92.4 Å². The third-order valence-electron chi connectivity index (χ3n) is 9.48. The molecule has 0 aromatic rings. The third-order valence-corrected chi connectivity index (χ3v) is 9.48. The molecule has 9 heteroatoms. The van der Waals surface area contributed by atoms with Crippen LogP contribution in [-0.2, 0) is 19.1 Å². The number of carbonyl (C=O) groups excluding carboxylic acids is 2. The Kier molecular flexibility index (Phi) is 22.7. The van der Waals surface area contributed by atoms with E-state index in [4.69, 9.17) is 9.47 Å². The van der Waals surface area contributed by atoms with Crippen LogP contribution < -0.4 is 0 Å². The molecular weight excluding hydrogens is 672 g/mol. The minimum atomic E-state index is -1.07. The van der Waals surface area contributed by atoms with Gasteiger partial charge in [0.25, 0.3) is 0 Å². The molecule has 53 heavy (non-hydrogen) atoms. The molecule has 0 amide bonds. The Morgan fingerprint density at radius 2 is 1.55 bits per heavy atom. The topological polar surface area (TPSA) is 154 Å². The summed E-state index contributed by atoms with van der Waals surface area (Å²) < 4.78 is 11.9. The Morgan fingerprint density at radius 3 is 2.19 bits per heavy atom. The lowest BCUT2D eigenvalue weighted by Crippen LogP contribution is -2.28. The van der Waals surface area contributed by atoms with E-state index in [1.54, 1.807) is 26.0 Å². The van der Waals surface area contributed by atoms with E-state index >= 15 is 0 Å². The Bertz CT molecular complexity index is 1350. The van der Waals surface area contributed by atoms with Gasteiger partial charge < -0.3 is 35.0 Å². The molecule has 0 aromatic carbocycles. The smallest absolute Gasteiger partial charge is 0.331 e. The summed E-state index contributed by atoms with van der Waals surface area (Å²) in [7, 11) is 0. The number of aliphatic hydroxyl groups is 5. The molecule has 1 aliphatic rings. The van der Waals surface area contributed by atoms with Gasteiger partial charge in [0.15, 0.2) is 0 Å². The van der Waals surface area contributed by atoms with Crippen molar-refractivity contribution in [3.8, 4) is 0 Å². The van der Waals surface area contributed by atoms with E-state index < -0.39 is 36.5 Å². The molecule has 0 aliphatic carbocycles. The summed E-state index contributed by atoms with van der Waals surface area (Å²) in [6.07, 6.45) is 15.5. The van der Waals surface area contributed by atoms with Gasteiger partial charge in [-0.3, -0.25) is 4.79 Å². The first-order valence-electron chi connectivity index (χ1n) is 19.3. The molecule has 300 valence electrons. The van der Waals surface area contributed by atoms with E-state index in [9.17, 15) is 35.1 Å². The summed E-state index contributed by atoms with van der Waals surface area (Å²) in [5, 5.41) is 49.4. The van der Waals surface area contributed by atoms with Gasteiger partial charge in [-0.25, -0.2) is 4.79 Å². The van der Waals surface area contributed by atoms with Gasteiger partial charge in [-0.2, -0.15) is 0 Å². The molecule has 0 radical (unpaired) electrons. The number of hydrogen-bond acceptors (Lipinski definition) is 9. The molecule has 0 fully saturated rings. The quantitative estimate of drug-likeness (QED) is 0.0440. The standard InChI is InChI=1S/C44H70O9/c1-28(13-11-14-29(2)25-39(48)40(49)27-37(10)46)21-30(3)18-20-44(51)52-41-15-12-16-43(50)53-42(19-17-31(4)22-34(41)7)35(8)24-32(5)23-33(6)38(47)26-36(9)45/h11,13-14,17-18,20-21,23,25,33-42,45-49H,12,15-16,19,22,24,26-27H2,1-10H3/b14-11+,20-18+,28-13+,29-25+,30-21+,31-17+,32-23+/t33-,34-,35+,36-,37+,38-,39+,40+,41+,42-/m1/s1. The van der Waals surface area contributed by atoms with Crippen molar-refractivity contribution in [3.05, 3.63) is 82.5 Å². The van der Waals surface area contributed by atoms with Gasteiger partial charge in [-0.1, -0.05) is 97.2 Å². The maximum absolute atomic E-state index is 12.9. The molecular formula is C44H70O9. The molecule has 0 saturated heterocycles. The van der Waals surface area contributed by atoms with Gasteiger partial charge in [0.05, 0.1) is 30.5 Å². The van der Waals surface area contributed by atoms with Gasteiger partial charge in [-0.15, -0.1) is 0 Å². The summed E-state index contributed by atoms with van der Waals surface area (Å²) in [6, 6.07) is 0. The number of hydrogen-bond donors (Lipinski definition) is 5. The van der Waals surface area contributed by atoms with E-state index in [0.29, 0.717) is 25.7 Å². The number of ether oxygens (including phenoxy) is 2. The number of carbonyl (C=O) groups is 2. The average molecular weight is 743 g/mol. The molecule has 0 unspecified atom stereocenters. The lowest BCUT2D eigenvalue weighted by Gasteiger charge is -2.27. The molecule has 9 nitrogen and oxygen atoms in total. The van der Waals surface area contributed by atoms with E-state index in [2.05, 4.69) is 26.8 Å². The lowest BCUT2D eigenvalue weighted by molar-refractivity contribution is -0.152. The average Bonchev–Trinajstić information content (AvgIpc) is 3.03. The van der Waals surface area contributed by atoms with E-state index in [1.165, 1.54) is 6.08 Å². The lowest BCUT2D eigenvalue weighted by atomic mass is 9.89. The van der Waals surface area contributed by atoms with Crippen molar-refractivity contribution in [2.24, 2.45) is 17.8 Å². The summed E-state index contributed by atoms with van der Waals surface area (Å²) in [5.74, 6) is -0.659. The zero-order valence-electron chi connectivity index (χ0n) is 34.0. The van der Waals surface area contributed by atoms with Gasteiger partial charge in [0.2, 0.25) is 0 Å². The van der Waals surface area contributed by atoms with Crippen molar-refractivity contribution in [3.63, 3.8) is 0 Å². The number of cyclic esters (lactones) is 1. The first kappa shape index (κ1) is 47.9. The Balaban J connectivity index is 2.86. The zero-order chi connectivity index (χ0) is 40.2. The molecule has 0 bridgehead atoms. The van der Waals surface area contributed by atoms with Crippen LogP contribution in [0.5, 0.6) is 0 Å². The zero-order valence-corrected chi connectivity index (χ0v) is 34.0. The highest BCUT2D eigenvalue weighted by atomic mass is 16.5. The van der Waals surface area contributed by atoms with Crippen LogP contribution in [0.2, 0.25) is 0 Å². The molecule has 1 aliphatic heterocycles. The summed E-state index contributed by atoms with van der Waals surface area (Å²) in [4.78, 5) is 25.9. The second kappa shape index (κ2) is 25.1. The maximum atomic E-state index is 12.9. The van der Waals surface area contributed by atoms with Gasteiger partial charge in [0, 0.05) is 31.3 Å². The molecule has 5 N–H and O–H groups in total. The molecule has 0 saturated carbocycles. The van der Waals surface area contributed by atoms with Crippen LogP contribution in [0.15, 0.2) is 82.5 Å². The Hall–Kier alpha value is -3.08. The van der Waals surface area contributed by atoms with E-state index in [-0.39, 0.29) is 48.8 Å². The van der Waals surface area contributed by atoms with Crippen molar-refractivity contribution in [2.75, 3.05) is 0 Å². The number of esters is 2. The molecule has 10 atom stereocenters. The minimum Gasteiger partial charge on any atom is -0.462 e. The second-order valence-electron chi connectivity index (χ2n) is 15.6.